The van der Waals surface area contributed by atoms with Crippen molar-refractivity contribution in [1.82, 2.24) is 5.32 Å². The number of nitrogens with one attached hydrogen (secondary N) is 1. The summed E-state index contributed by atoms with van der Waals surface area (Å²) in [7, 11) is 3.67. The van der Waals surface area contributed by atoms with E-state index in [0.717, 1.165) is 17.1 Å². The van der Waals surface area contributed by atoms with Gasteiger partial charge in [0.25, 0.3) is 0 Å². The molecule has 1 aliphatic rings. The summed E-state index contributed by atoms with van der Waals surface area (Å²) >= 11 is 0. The summed E-state index contributed by atoms with van der Waals surface area (Å²) in [6, 6.07) is 16.5. The molecule has 21 heavy (non-hydrogen) atoms. The number of methoxy groups -OCH3 is 1. The van der Waals surface area contributed by atoms with Gasteiger partial charge in [0.15, 0.2) is 0 Å². The van der Waals surface area contributed by atoms with Gasteiger partial charge in [-0.05, 0) is 43.7 Å². The first kappa shape index (κ1) is 14.0. The molecule has 0 spiro atoms. The van der Waals surface area contributed by atoms with Gasteiger partial charge in [-0.25, -0.2) is 0 Å². The maximum absolute atomic E-state index is 5.80. The molecular weight excluding hydrogens is 262 g/mol. The molecule has 1 aliphatic carbocycles. The lowest BCUT2D eigenvalue weighted by Gasteiger charge is -2.20. The van der Waals surface area contributed by atoms with Crippen molar-refractivity contribution >= 4 is 0 Å². The molecule has 1 unspecified atom stereocenters. The lowest BCUT2D eigenvalue weighted by Crippen LogP contribution is -2.18. The van der Waals surface area contributed by atoms with E-state index in [1.807, 2.05) is 37.4 Å². The molecule has 0 aromatic heterocycles. The van der Waals surface area contributed by atoms with Crippen LogP contribution >= 0.6 is 0 Å². The minimum atomic E-state index is 0.108. The van der Waals surface area contributed by atoms with Crippen LogP contribution < -0.4 is 14.8 Å². The Bertz CT molecular complexity index is 590. The third-order valence-electron chi connectivity index (χ3n) is 3.78. The van der Waals surface area contributed by atoms with Gasteiger partial charge in [-0.2, -0.15) is 0 Å². The van der Waals surface area contributed by atoms with Gasteiger partial charge < -0.3 is 14.8 Å². The minimum absolute atomic E-state index is 0.108. The highest BCUT2D eigenvalue weighted by Gasteiger charge is 2.23. The summed E-state index contributed by atoms with van der Waals surface area (Å²) in [5, 5.41) is 3.36. The van der Waals surface area contributed by atoms with Gasteiger partial charge in [-0.1, -0.05) is 30.3 Å². The number of rotatable bonds is 6. The maximum atomic E-state index is 5.80. The molecule has 0 aliphatic heterocycles. The van der Waals surface area contributed by atoms with Crippen LogP contribution in [0.25, 0.3) is 0 Å². The lowest BCUT2D eigenvalue weighted by atomic mass is 9.98. The van der Waals surface area contributed by atoms with Crippen LogP contribution in [0.3, 0.4) is 0 Å². The van der Waals surface area contributed by atoms with E-state index in [2.05, 4.69) is 23.5 Å². The zero-order valence-electron chi connectivity index (χ0n) is 12.5. The predicted molar refractivity (Wildman–Crippen MR) is 84.0 cm³/mol. The van der Waals surface area contributed by atoms with E-state index >= 15 is 0 Å². The van der Waals surface area contributed by atoms with Gasteiger partial charge in [0.2, 0.25) is 0 Å². The van der Waals surface area contributed by atoms with Crippen molar-refractivity contribution in [2.45, 2.75) is 25.0 Å². The van der Waals surface area contributed by atoms with Crippen molar-refractivity contribution < 1.29 is 9.47 Å². The zero-order valence-corrected chi connectivity index (χ0v) is 12.5. The van der Waals surface area contributed by atoms with Crippen LogP contribution in [-0.4, -0.2) is 20.3 Å². The third kappa shape index (κ3) is 3.19. The van der Waals surface area contributed by atoms with E-state index in [4.69, 9.17) is 9.47 Å². The first-order chi connectivity index (χ1) is 10.3. The minimum Gasteiger partial charge on any atom is -0.496 e. The fraction of sp³-hybridized carbons (Fsp3) is 0.333. The molecule has 1 atom stereocenters. The molecule has 3 nitrogen and oxygen atoms in total. The molecule has 110 valence electrons. The van der Waals surface area contributed by atoms with E-state index in [0.29, 0.717) is 6.10 Å². The average Bonchev–Trinajstić information content (AvgIpc) is 3.34. The normalized spacial score (nSPS) is 15.5. The van der Waals surface area contributed by atoms with Crippen LogP contribution in [0.1, 0.15) is 30.0 Å². The molecule has 0 bridgehead atoms. The molecule has 1 fully saturated rings. The predicted octanol–water partition coefficient (Wildman–Crippen LogP) is 3.55. The molecule has 0 amide bonds. The molecule has 1 N–H and O–H groups in total. The van der Waals surface area contributed by atoms with Crippen molar-refractivity contribution in [1.29, 1.82) is 0 Å². The van der Waals surface area contributed by atoms with Gasteiger partial charge in [0, 0.05) is 5.56 Å². The van der Waals surface area contributed by atoms with Crippen molar-refractivity contribution in [3.63, 3.8) is 0 Å². The van der Waals surface area contributed by atoms with Crippen LogP contribution in [0.15, 0.2) is 48.5 Å². The van der Waals surface area contributed by atoms with Crippen molar-refractivity contribution in [3.05, 3.63) is 59.7 Å². The molecule has 0 heterocycles. The largest absolute Gasteiger partial charge is 0.496 e. The van der Waals surface area contributed by atoms with E-state index in [1.54, 1.807) is 7.11 Å². The third-order valence-corrected chi connectivity index (χ3v) is 3.78. The number of benzene rings is 2. The summed E-state index contributed by atoms with van der Waals surface area (Å²) < 4.78 is 11.3. The summed E-state index contributed by atoms with van der Waals surface area (Å²) in [5.41, 5.74) is 2.34. The molecule has 2 aromatic carbocycles. The molecule has 2 aromatic rings. The fourth-order valence-electron chi connectivity index (χ4n) is 2.52. The number of hydrogen-bond donors (Lipinski definition) is 1. The van der Waals surface area contributed by atoms with Gasteiger partial charge in [0.1, 0.15) is 11.5 Å². The lowest BCUT2D eigenvalue weighted by molar-refractivity contribution is 0.303. The van der Waals surface area contributed by atoms with Crippen LogP contribution in [0.5, 0.6) is 11.5 Å². The van der Waals surface area contributed by atoms with E-state index in [-0.39, 0.29) is 6.04 Å². The molecule has 1 saturated carbocycles. The number of hydrogen-bond acceptors (Lipinski definition) is 3. The summed E-state index contributed by atoms with van der Waals surface area (Å²) in [5.74, 6) is 1.85. The van der Waals surface area contributed by atoms with Crippen LogP contribution in [0.4, 0.5) is 0 Å². The Hall–Kier alpha value is -2.00. The second kappa shape index (κ2) is 6.19. The summed E-state index contributed by atoms with van der Waals surface area (Å²) in [6.07, 6.45) is 2.80. The standard InChI is InChI=1S/C18H21NO2/c1-19-18(16-5-3-4-6-17(16)20-2)13-7-9-14(10-8-13)21-15-11-12-15/h3-10,15,18-19H,11-12H2,1-2H3. The number of para-hydroxylation sites is 1. The van der Waals surface area contributed by atoms with E-state index in [9.17, 15) is 0 Å². The molecule has 3 heteroatoms. The quantitative estimate of drug-likeness (QED) is 0.879. The van der Waals surface area contributed by atoms with Crippen LogP contribution in [-0.2, 0) is 0 Å². The van der Waals surface area contributed by atoms with Gasteiger partial charge in [0.05, 0.1) is 19.3 Å². The monoisotopic (exact) mass is 283 g/mol. The molecule has 0 saturated heterocycles. The average molecular weight is 283 g/mol. The highest BCUT2D eigenvalue weighted by atomic mass is 16.5. The smallest absolute Gasteiger partial charge is 0.123 e. The van der Waals surface area contributed by atoms with Crippen molar-refractivity contribution in [3.8, 4) is 11.5 Å². The second-order valence-electron chi connectivity index (χ2n) is 5.35. The molecule has 3 rings (SSSR count). The Morgan fingerprint density at radius 3 is 2.38 bits per heavy atom. The van der Waals surface area contributed by atoms with Crippen LogP contribution in [0.2, 0.25) is 0 Å². The Kier molecular flexibility index (Phi) is 4.11. The molecular formula is C18H21NO2. The van der Waals surface area contributed by atoms with E-state index < -0.39 is 0 Å². The highest BCUT2D eigenvalue weighted by Crippen LogP contribution is 2.31. The first-order valence-corrected chi connectivity index (χ1v) is 7.38. The Balaban J connectivity index is 1.84. The van der Waals surface area contributed by atoms with Crippen molar-refractivity contribution in [2.24, 2.45) is 0 Å². The highest BCUT2D eigenvalue weighted by molar-refractivity contribution is 5.42. The summed E-state index contributed by atoms with van der Waals surface area (Å²) in [4.78, 5) is 0. The van der Waals surface area contributed by atoms with Gasteiger partial charge >= 0.3 is 0 Å². The van der Waals surface area contributed by atoms with Crippen molar-refractivity contribution in [2.75, 3.05) is 14.2 Å². The topological polar surface area (TPSA) is 30.5 Å². The SMILES string of the molecule is CNC(c1ccc(OC2CC2)cc1)c1ccccc1OC. The van der Waals surface area contributed by atoms with Gasteiger partial charge in [-0.3, -0.25) is 0 Å². The van der Waals surface area contributed by atoms with Gasteiger partial charge in [-0.15, -0.1) is 0 Å². The van der Waals surface area contributed by atoms with Crippen LogP contribution in [0, 0.1) is 0 Å². The fourth-order valence-corrected chi connectivity index (χ4v) is 2.52. The Morgan fingerprint density at radius 1 is 1.05 bits per heavy atom. The maximum Gasteiger partial charge on any atom is 0.123 e. The Morgan fingerprint density at radius 2 is 1.76 bits per heavy atom. The second-order valence-corrected chi connectivity index (χ2v) is 5.35. The first-order valence-electron chi connectivity index (χ1n) is 7.38. The number of ether oxygens (including phenoxy) is 2. The zero-order chi connectivity index (χ0) is 14.7. The van der Waals surface area contributed by atoms with E-state index in [1.165, 1.54) is 18.4 Å². The summed E-state index contributed by atoms with van der Waals surface area (Å²) in [6.45, 7) is 0. The molecule has 0 radical (unpaired) electrons. The Labute approximate surface area is 125 Å².